The Balaban J connectivity index is 4.24. The average Bonchev–Trinajstić information content (AvgIpc) is 2.51. The van der Waals surface area contributed by atoms with Crippen LogP contribution in [0.5, 0.6) is 0 Å². The Bertz CT molecular complexity index is 396. The lowest BCUT2D eigenvalue weighted by Gasteiger charge is -2.19. The highest BCUT2D eigenvalue weighted by molar-refractivity contribution is 5.89. The normalized spacial score (nSPS) is 13.0. The number of carbonyl (C=O) groups excluding carboxylic acids is 3. The second-order valence-electron chi connectivity index (χ2n) is 5.81. The van der Waals surface area contributed by atoms with Crippen molar-refractivity contribution in [1.82, 2.24) is 10.6 Å². The lowest BCUT2D eigenvalue weighted by molar-refractivity contribution is -0.130. The third kappa shape index (κ3) is 10.6. The Morgan fingerprint density at radius 2 is 1.83 bits per heavy atom. The quantitative estimate of drug-likeness (QED) is 0.352. The summed E-state index contributed by atoms with van der Waals surface area (Å²) in [6.45, 7) is 7.00. The van der Waals surface area contributed by atoms with E-state index in [0.717, 1.165) is 37.7 Å². The Hall–Kier alpha value is -1.69. The van der Waals surface area contributed by atoms with Crippen LogP contribution in [0, 0.1) is 0 Å². The first kappa shape index (κ1) is 21.3. The lowest BCUT2D eigenvalue weighted by atomic mass is 10.1. The van der Waals surface area contributed by atoms with Crippen molar-refractivity contribution in [2.24, 2.45) is 0 Å². The van der Waals surface area contributed by atoms with Crippen molar-refractivity contribution >= 4 is 18.1 Å². The van der Waals surface area contributed by atoms with Gasteiger partial charge in [0.25, 0.3) is 0 Å². The van der Waals surface area contributed by atoms with E-state index in [4.69, 9.17) is 0 Å². The summed E-state index contributed by atoms with van der Waals surface area (Å²) in [6, 6.07) is -1.88. The third-order valence-electron chi connectivity index (χ3n) is 3.35. The number of hydrogen-bond donors (Lipinski definition) is 3. The Morgan fingerprint density at radius 3 is 2.35 bits per heavy atom. The van der Waals surface area contributed by atoms with Crippen LogP contribution in [0.2, 0.25) is 0 Å². The summed E-state index contributed by atoms with van der Waals surface area (Å²) in [5, 5.41) is 14.2. The van der Waals surface area contributed by atoms with Crippen molar-refractivity contribution in [3.05, 3.63) is 12.2 Å². The molecule has 0 aromatic heterocycles. The van der Waals surface area contributed by atoms with E-state index in [1.807, 2.05) is 0 Å². The molecule has 0 heterocycles. The monoisotopic (exact) mass is 325 g/mol. The van der Waals surface area contributed by atoms with Gasteiger partial charge in [-0.05, 0) is 19.8 Å². The van der Waals surface area contributed by atoms with Crippen molar-refractivity contribution in [3.63, 3.8) is 0 Å². The maximum Gasteiger partial charge on any atom is 0.245 e. The fourth-order valence-electron chi connectivity index (χ4n) is 2.09. The Kier molecular flexibility index (Phi) is 11.9. The topological polar surface area (TPSA) is 95.5 Å². The van der Waals surface area contributed by atoms with E-state index < -0.39 is 24.6 Å². The third-order valence-corrected chi connectivity index (χ3v) is 3.35. The van der Waals surface area contributed by atoms with E-state index in [9.17, 15) is 19.5 Å². The minimum Gasteiger partial charge on any atom is -0.394 e. The van der Waals surface area contributed by atoms with E-state index in [1.54, 1.807) is 13.2 Å². The van der Waals surface area contributed by atoms with Crippen molar-refractivity contribution in [1.29, 1.82) is 0 Å². The van der Waals surface area contributed by atoms with Crippen LogP contribution >= 0.6 is 0 Å². The smallest absolute Gasteiger partial charge is 0.245 e. The number of nitrogens with one attached hydrogen (secondary N) is 2. The molecule has 0 bridgehead atoms. The second-order valence-corrected chi connectivity index (χ2v) is 5.81. The van der Waals surface area contributed by atoms with Gasteiger partial charge in [0.05, 0.1) is 12.6 Å². The van der Waals surface area contributed by atoms with E-state index in [0.29, 0.717) is 6.42 Å². The van der Waals surface area contributed by atoms with Gasteiger partial charge in [-0.1, -0.05) is 38.2 Å². The van der Waals surface area contributed by atoms with E-state index in [1.165, 1.54) is 0 Å². The van der Waals surface area contributed by atoms with Crippen molar-refractivity contribution in [3.8, 4) is 0 Å². The van der Waals surface area contributed by atoms with E-state index in [2.05, 4.69) is 24.1 Å². The average molecular weight is 325 g/mol. The molecule has 0 aliphatic rings. The Labute approximate surface area is 138 Å². The van der Waals surface area contributed by atoms with Crippen molar-refractivity contribution in [2.75, 3.05) is 6.61 Å². The number of unbranched alkanes of at least 4 members (excludes halogenated alkanes) is 4. The molecule has 2 atom stereocenters. The first-order chi connectivity index (χ1) is 10.9. The molecule has 2 amide bonds. The van der Waals surface area contributed by atoms with Crippen LogP contribution in [-0.2, 0) is 14.4 Å². The molecule has 23 heavy (non-hydrogen) atoms. The van der Waals surface area contributed by atoms with Gasteiger partial charge < -0.3 is 15.7 Å². The zero-order valence-corrected chi connectivity index (χ0v) is 14.2. The molecule has 0 saturated heterocycles. The molecule has 1 radical (unpaired) electrons. The predicted octanol–water partition coefficient (Wildman–Crippen LogP) is 1.38. The minimum atomic E-state index is -1.06. The maximum atomic E-state index is 12.0. The molecule has 2 unspecified atom stereocenters. The molecule has 3 N–H and O–H groups in total. The van der Waals surface area contributed by atoms with Crippen LogP contribution in [-0.4, -0.2) is 41.9 Å². The van der Waals surface area contributed by atoms with Gasteiger partial charge >= 0.3 is 0 Å². The molecular weight excluding hydrogens is 296 g/mol. The van der Waals surface area contributed by atoms with Crippen LogP contribution < -0.4 is 10.6 Å². The van der Waals surface area contributed by atoms with Crippen molar-refractivity contribution in [2.45, 2.75) is 70.9 Å². The molecule has 0 aromatic carbocycles. The van der Waals surface area contributed by atoms with Crippen LogP contribution in [0.15, 0.2) is 12.2 Å². The van der Waals surface area contributed by atoms with Crippen molar-refractivity contribution < 1.29 is 19.5 Å². The first-order valence-corrected chi connectivity index (χ1v) is 8.17. The fraction of sp³-hybridized carbons (Fsp3) is 0.706. The van der Waals surface area contributed by atoms with Gasteiger partial charge in [0, 0.05) is 6.42 Å². The maximum absolute atomic E-state index is 12.0. The highest BCUT2D eigenvalue weighted by Gasteiger charge is 2.22. The second kappa shape index (κ2) is 12.8. The summed E-state index contributed by atoms with van der Waals surface area (Å²) < 4.78 is 0. The lowest BCUT2D eigenvalue weighted by Crippen LogP contribution is -2.51. The SMILES string of the molecule is C=C(C)CC([C]=O)NC(=O)C(CO)NC(=O)CCCCCCC. The van der Waals surface area contributed by atoms with Gasteiger partial charge in [-0.25, -0.2) is 0 Å². The first-order valence-electron chi connectivity index (χ1n) is 8.17. The standard InChI is InChI=1S/C17H29N2O4/c1-4-5-6-7-8-9-16(22)19-15(12-21)17(23)18-14(11-20)10-13(2)3/h14-15,21H,2,4-10,12H2,1,3H3,(H,18,23)(H,19,22). The molecule has 0 aliphatic carbocycles. The van der Waals surface area contributed by atoms with Gasteiger partial charge in [0.1, 0.15) is 6.04 Å². The zero-order valence-electron chi connectivity index (χ0n) is 14.2. The summed E-state index contributed by atoms with van der Waals surface area (Å²) in [7, 11) is 0. The summed E-state index contributed by atoms with van der Waals surface area (Å²) in [5.41, 5.74) is 0.732. The van der Waals surface area contributed by atoms with Crippen LogP contribution in [0.1, 0.15) is 58.8 Å². The van der Waals surface area contributed by atoms with E-state index in [-0.39, 0.29) is 12.3 Å². The number of aliphatic hydroxyl groups is 1. The number of carbonyl (C=O) groups is 2. The molecular formula is C17H29N2O4. The van der Waals surface area contributed by atoms with Gasteiger partial charge in [0.15, 0.2) is 0 Å². The molecule has 0 aromatic rings. The molecule has 0 saturated carbocycles. The molecule has 0 spiro atoms. The van der Waals surface area contributed by atoms with Gasteiger partial charge in [-0.15, -0.1) is 6.58 Å². The highest BCUT2D eigenvalue weighted by atomic mass is 16.3. The van der Waals surface area contributed by atoms with Crippen LogP contribution in [0.25, 0.3) is 0 Å². The van der Waals surface area contributed by atoms with Gasteiger partial charge in [0.2, 0.25) is 18.1 Å². The largest absolute Gasteiger partial charge is 0.394 e. The van der Waals surface area contributed by atoms with Gasteiger partial charge in [-0.3, -0.25) is 14.4 Å². The number of aliphatic hydroxyl groups excluding tert-OH is 1. The molecule has 0 rings (SSSR count). The number of hydrogen-bond acceptors (Lipinski definition) is 4. The Morgan fingerprint density at radius 1 is 1.17 bits per heavy atom. The molecule has 131 valence electrons. The predicted molar refractivity (Wildman–Crippen MR) is 89.4 cm³/mol. The molecule has 0 aliphatic heterocycles. The van der Waals surface area contributed by atoms with E-state index >= 15 is 0 Å². The minimum absolute atomic E-state index is 0.276. The summed E-state index contributed by atoms with van der Waals surface area (Å²) >= 11 is 0. The number of rotatable bonds is 13. The number of amides is 2. The van der Waals surface area contributed by atoms with Crippen LogP contribution in [0.3, 0.4) is 0 Å². The molecule has 0 fully saturated rings. The zero-order chi connectivity index (χ0) is 17.7. The highest BCUT2D eigenvalue weighted by Crippen LogP contribution is 2.05. The summed E-state index contributed by atoms with van der Waals surface area (Å²) in [5.74, 6) is -0.872. The van der Waals surface area contributed by atoms with Crippen LogP contribution in [0.4, 0.5) is 0 Å². The molecule has 6 heteroatoms. The molecule has 6 nitrogen and oxygen atoms in total. The fourth-order valence-corrected chi connectivity index (χ4v) is 2.09. The summed E-state index contributed by atoms with van der Waals surface area (Å²) in [6.07, 6.45) is 7.41. The van der Waals surface area contributed by atoms with Gasteiger partial charge in [-0.2, -0.15) is 0 Å². The summed E-state index contributed by atoms with van der Waals surface area (Å²) in [4.78, 5) is 34.6.